The minimum atomic E-state index is -0.349. The molecule has 0 spiro atoms. The average molecular weight is 278 g/mol. The fourth-order valence-electron chi connectivity index (χ4n) is 1.37. The Hall–Kier alpha value is -1.90. The minimum absolute atomic E-state index is 0.335. The number of aryl methyl sites for hydroxylation is 1. The summed E-state index contributed by atoms with van der Waals surface area (Å²) in [4.78, 5) is 16.0. The molecule has 0 radical (unpaired) electrons. The van der Waals surface area contributed by atoms with Crippen LogP contribution in [-0.4, -0.2) is 10.9 Å². The second kappa shape index (κ2) is 5.17. The summed E-state index contributed by atoms with van der Waals surface area (Å²) in [6, 6.07) is 6.69. The molecule has 0 saturated carbocycles. The van der Waals surface area contributed by atoms with Gasteiger partial charge in [0.05, 0.1) is 16.3 Å². The number of thiazole rings is 1. The lowest BCUT2D eigenvalue weighted by Gasteiger charge is -2.05. The van der Waals surface area contributed by atoms with Crippen molar-refractivity contribution in [2.75, 3.05) is 5.32 Å². The number of nitrogens with one attached hydrogen (secondary N) is 1. The first-order valence-corrected chi connectivity index (χ1v) is 6.29. The molecule has 2 aromatic rings. The number of aromatic nitrogens is 1. The molecule has 4 nitrogen and oxygen atoms in total. The molecule has 0 aliphatic carbocycles. The van der Waals surface area contributed by atoms with Crippen molar-refractivity contribution >= 4 is 34.5 Å². The first-order chi connectivity index (χ1) is 8.60. The van der Waals surface area contributed by atoms with E-state index in [-0.39, 0.29) is 5.91 Å². The number of nitrogens with zero attached hydrogens (tertiary/aromatic N) is 2. The van der Waals surface area contributed by atoms with Crippen LogP contribution in [0.3, 0.4) is 0 Å². The Balaban J connectivity index is 2.27. The highest BCUT2D eigenvalue weighted by molar-refractivity contribution is 7.09. The Morgan fingerprint density at radius 1 is 1.56 bits per heavy atom. The van der Waals surface area contributed by atoms with Crippen molar-refractivity contribution in [1.29, 1.82) is 5.26 Å². The smallest absolute Gasteiger partial charge is 0.275 e. The molecule has 0 aliphatic heterocycles. The largest absolute Gasteiger partial charge is 0.319 e. The average Bonchev–Trinajstić information content (AvgIpc) is 2.76. The van der Waals surface area contributed by atoms with Gasteiger partial charge in [-0.1, -0.05) is 11.6 Å². The van der Waals surface area contributed by atoms with Crippen molar-refractivity contribution in [3.8, 4) is 6.07 Å². The summed E-state index contributed by atoms with van der Waals surface area (Å²) in [5.41, 5.74) is 1.08. The van der Waals surface area contributed by atoms with E-state index in [1.807, 2.05) is 13.0 Å². The predicted molar refractivity (Wildman–Crippen MR) is 71.0 cm³/mol. The van der Waals surface area contributed by atoms with Gasteiger partial charge in [0.25, 0.3) is 5.91 Å². The molecule has 0 bridgehead atoms. The van der Waals surface area contributed by atoms with Gasteiger partial charge >= 0.3 is 0 Å². The zero-order chi connectivity index (χ0) is 13.1. The van der Waals surface area contributed by atoms with E-state index in [1.54, 1.807) is 17.5 Å². The van der Waals surface area contributed by atoms with E-state index in [0.29, 0.717) is 22.0 Å². The van der Waals surface area contributed by atoms with Crippen molar-refractivity contribution in [1.82, 2.24) is 4.98 Å². The molecule has 1 N–H and O–H groups in total. The summed E-state index contributed by atoms with van der Waals surface area (Å²) >= 11 is 7.23. The molecule has 1 heterocycles. The number of carbonyl (C=O) groups excluding carboxylic acids is 1. The molecule has 1 aromatic carbocycles. The van der Waals surface area contributed by atoms with Gasteiger partial charge in [0.15, 0.2) is 0 Å². The van der Waals surface area contributed by atoms with Crippen molar-refractivity contribution in [2.45, 2.75) is 6.92 Å². The Kier molecular flexibility index (Phi) is 3.60. The number of rotatable bonds is 2. The monoisotopic (exact) mass is 277 g/mol. The zero-order valence-electron chi connectivity index (χ0n) is 9.40. The maximum absolute atomic E-state index is 11.9. The first kappa shape index (κ1) is 12.6. The van der Waals surface area contributed by atoms with E-state index < -0.39 is 0 Å². The summed E-state index contributed by atoms with van der Waals surface area (Å²) in [6.07, 6.45) is 0. The SMILES string of the molecule is Cc1nc(C(=O)Nc2cc(Cl)ccc2C#N)cs1. The molecular weight excluding hydrogens is 270 g/mol. The van der Waals surface area contributed by atoms with Crippen molar-refractivity contribution < 1.29 is 4.79 Å². The predicted octanol–water partition coefficient (Wildman–Crippen LogP) is 3.23. The molecule has 1 amide bonds. The van der Waals surface area contributed by atoms with Gasteiger partial charge in [-0.15, -0.1) is 11.3 Å². The summed E-state index contributed by atoms with van der Waals surface area (Å²) in [6.45, 7) is 1.82. The third-order valence-electron chi connectivity index (χ3n) is 2.20. The molecular formula is C12H8ClN3OS. The molecule has 0 fully saturated rings. The van der Waals surface area contributed by atoms with Gasteiger partial charge in [-0.05, 0) is 25.1 Å². The van der Waals surface area contributed by atoms with Gasteiger partial charge in [-0.25, -0.2) is 4.98 Å². The lowest BCUT2D eigenvalue weighted by molar-refractivity contribution is 0.102. The second-order valence-corrected chi connectivity index (χ2v) is 5.01. The zero-order valence-corrected chi connectivity index (χ0v) is 11.0. The fourth-order valence-corrected chi connectivity index (χ4v) is 2.14. The Morgan fingerprint density at radius 3 is 2.94 bits per heavy atom. The van der Waals surface area contributed by atoms with E-state index in [2.05, 4.69) is 10.3 Å². The first-order valence-electron chi connectivity index (χ1n) is 5.03. The second-order valence-electron chi connectivity index (χ2n) is 3.51. The van der Waals surface area contributed by atoms with E-state index in [4.69, 9.17) is 16.9 Å². The molecule has 2 rings (SSSR count). The molecule has 0 atom stereocenters. The van der Waals surface area contributed by atoms with E-state index in [0.717, 1.165) is 5.01 Å². The maximum Gasteiger partial charge on any atom is 0.275 e. The highest BCUT2D eigenvalue weighted by Crippen LogP contribution is 2.21. The number of halogens is 1. The van der Waals surface area contributed by atoms with E-state index >= 15 is 0 Å². The topological polar surface area (TPSA) is 65.8 Å². The van der Waals surface area contributed by atoms with Crippen LogP contribution in [0, 0.1) is 18.3 Å². The molecule has 1 aromatic heterocycles. The minimum Gasteiger partial charge on any atom is -0.319 e. The van der Waals surface area contributed by atoms with Gasteiger partial charge < -0.3 is 5.32 Å². The van der Waals surface area contributed by atoms with Gasteiger partial charge in [0.2, 0.25) is 0 Å². The van der Waals surface area contributed by atoms with Crippen LogP contribution in [0.5, 0.6) is 0 Å². The van der Waals surface area contributed by atoms with Crippen LogP contribution >= 0.6 is 22.9 Å². The lowest BCUT2D eigenvalue weighted by Crippen LogP contribution is -2.13. The maximum atomic E-state index is 11.9. The van der Waals surface area contributed by atoms with Crippen LogP contribution in [0.1, 0.15) is 21.1 Å². The number of nitriles is 1. The van der Waals surface area contributed by atoms with Crippen LogP contribution < -0.4 is 5.32 Å². The summed E-state index contributed by atoms with van der Waals surface area (Å²) in [5.74, 6) is -0.349. The Labute approximate surface area is 113 Å². The third-order valence-corrected chi connectivity index (χ3v) is 3.21. The van der Waals surface area contributed by atoms with Gasteiger partial charge in [-0.3, -0.25) is 4.79 Å². The summed E-state index contributed by atoms with van der Waals surface area (Å²) < 4.78 is 0. The van der Waals surface area contributed by atoms with Crippen molar-refractivity contribution in [2.24, 2.45) is 0 Å². The van der Waals surface area contributed by atoms with Crippen LogP contribution in [0.15, 0.2) is 23.6 Å². The Morgan fingerprint density at radius 2 is 2.33 bits per heavy atom. The number of carbonyl (C=O) groups is 1. The van der Waals surface area contributed by atoms with Gasteiger partial charge in [0.1, 0.15) is 11.8 Å². The van der Waals surface area contributed by atoms with Crippen molar-refractivity contribution in [3.63, 3.8) is 0 Å². The van der Waals surface area contributed by atoms with E-state index in [1.165, 1.54) is 17.4 Å². The molecule has 0 saturated heterocycles. The highest BCUT2D eigenvalue weighted by Gasteiger charge is 2.12. The molecule has 0 aliphatic rings. The van der Waals surface area contributed by atoms with Gasteiger partial charge in [-0.2, -0.15) is 5.26 Å². The molecule has 18 heavy (non-hydrogen) atoms. The van der Waals surface area contributed by atoms with E-state index in [9.17, 15) is 4.79 Å². The number of hydrogen-bond donors (Lipinski definition) is 1. The summed E-state index contributed by atoms with van der Waals surface area (Å²) in [7, 11) is 0. The third kappa shape index (κ3) is 2.67. The number of anilines is 1. The van der Waals surface area contributed by atoms with Crippen LogP contribution in [0.4, 0.5) is 5.69 Å². The van der Waals surface area contributed by atoms with Crippen LogP contribution in [-0.2, 0) is 0 Å². The standard InChI is InChI=1S/C12H8ClN3OS/c1-7-15-11(6-18-7)12(17)16-10-4-9(13)3-2-8(10)5-14/h2-4,6H,1H3,(H,16,17). The number of benzene rings is 1. The number of hydrogen-bond acceptors (Lipinski definition) is 4. The normalized spacial score (nSPS) is 9.83. The lowest BCUT2D eigenvalue weighted by atomic mass is 10.2. The van der Waals surface area contributed by atoms with Crippen molar-refractivity contribution in [3.05, 3.63) is 44.9 Å². The molecule has 90 valence electrons. The van der Waals surface area contributed by atoms with Crippen LogP contribution in [0.25, 0.3) is 0 Å². The van der Waals surface area contributed by atoms with Gasteiger partial charge in [0, 0.05) is 10.4 Å². The fraction of sp³-hybridized carbons (Fsp3) is 0.0833. The quantitative estimate of drug-likeness (QED) is 0.916. The molecule has 6 heteroatoms. The Bertz CT molecular complexity index is 645. The highest BCUT2D eigenvalue weighted by atomic mass is 35.5. The molecule has 0 unspecified atom stereocenters. The van der Waals surface area contributed by atoms with Crippen LogP contribution in [0.2, 0.25) is 5.02 Å². The number of amides is 1. The summed E-state index contributed by atoms with van der Waals surface area (Å²) in [5, 5.41) is 14.5.